The molecule has 1 aromatic rings. The maximum Gasteiger partial charge on any atom is 0.349 e. The maximum absolute atomic E-state index is 11.3. The third-order valence-corrected chi connectivity index (χ3v) is 5.55. The van der Waals surface area contributed by atoms with Gasteiger partial charge in [0.15, 0.2) is 4.88 Å². The van der Waals surface area contributed by atoms with Gasteiger partial charge in [0.1, 0.15) is 11.9 Å². The van der Waals surface area contributed by atoms with E-state index in [2.05, 4.69) is 0 Å². The van der Waals surface area contributed by atoms with Crippen LogP contribution >= 0.6 is 11.3 Å². The highest BCUT2D eigenvalue weighted by atomic mass is 32.1. The van der Waals surface area contributed by atoms with Gasteiger partial charge in [-0.2, -0.15) is 0 Å². The Morgan fingerprint density at radius 1 is 1.60 bits per heavy atom. The summed E-state index contributed by atoms with van der Waals surface area (Å²) in [6, 6.07) is 1.89. The van der Waals surface area contributed by atoms with Gasteiger partial charge in [0, 0.05) is 17.7 Å². The van der Waals surface area contributed by atoms with Crippen molar-refractivity contribution in [2.24, 2.45) is 0 Å². The SMILES string of the molecule is CCc1cc(OC2CCOC3(CCC3)C2)c(C(=O)O)s1. The van der Waals surface area contributed by atoms with Crippen molar-refractivity contribution in [3.63, 3.8) is 0 Å². The van der Waals surface area contributed by atoms with Crippen LogP contribution in [0.1, 0.15) is 53.6 Å². The summed E-state index contributed by atoms with van der Waals surface area (Å²) in [5, 5.41) is 9.27. The van der Waals surface area contributed by atoms with E-state index in [0.717, 1.165) is 43.6 Å². The van der Waals surface area contributed by atoms with Crippen molar-refractivity contribution in [2.75, 3.05) is 6.61 Å². The fraction of sp³-hybridized carbons (Fsp3) is 0.667. The molecule has 1 atom stereocenters. The number of ether oxygens (including phenoxy) is 2. The average Bonchev–Trinajstić information content (AvgIpc) is 2.80. The number of hydrogen-bond acceptors (Lipinski definition) is 4. The molecule has 1 unspecified atom stereocenters. The minimum atomic E-state index is -0.893. The quantitative estimate of drug-likeness (QED) is 0.924. The average molecular weight is 296 g/mol. The Bertz CT molecular complexity index is 504. The zero-order valence-corrected chi connectivity index (χ0v) is 12.5. The van der Waals surface area contributed by atoms with E-state index >= 15 is 0 Å². The standard InChI is InChI=1S/C15H20O4S/c1-2-11-8-12(13(20-11)14(16)17)19-10-4-7-18-15(9-10)5-3-6-15/h8,10H,2-7,9H2,1H3,(H,16,17). The van der Waals surface area contributed by atoms with Gasteiger partial charge in [-0.25, -0.2) is 4.79 Å². The van der Waals surface area contributed by atoms with Gasteiger partial charge in [0.2, 0.25) is 0 Å². The summed E-state index contributed by atoms with van der Waals surface area (Å²) >= 11 is 1.32. The lowest BCUT2D eigenvalue weighted by molar-refractivity contribution is -0.153. The van der Waals surface area contributed by atoms with Crippen molar-refractivity contribution in [3.05, 3.63) is 15.8 Å². The molecule has 0 radical (unpaired) electrons. The van der Waals surface area contributed by atoms with Crippen LogP contribution in [-0.4, -0.2) is 29.4 Å². The minimum absolute atomic E-state index is 0.0237. The third-order valence-electron chi connectivity index (χ3n) is 4.30. The van der Waals surface area contributed by atoms with Crippen LogP contribution in [0.4, 0.5) is 0 Å². The first-order valence-corrected chi connectivity index (χ1v) is 8.10. The summed E-state index contributed by atoms with van der Waals surface area (Å²) in [6.07, 6.45) is 6.12. The number of carboxylic acids is 1. The van der Waals surface area contributed by atoms with E-state index in [4.69, 9.17) is 9.47 Å². The molecule has 1 aliphatic heterocycles. The van der Waals surface area contributed by atoms with E-state index in [1.807, 2.05) is 13.0 Å². The van der Waals surface area contributed by atoms with Crippen molar-refractivity contribution < 1.29 is 19.4 Å². The molecule has 3 rings (SSSR count). The molecule has 1 saturated heterocycles. The van der Waals surface area contributed by atoms with Crippen molar-refractivity contribution in [2.45, 2.75) is 57.2 Å². The Morgan fingerprint density at radius 2 is 2.40 bits per heavy atom. The Balaban J connectivity index is 1.73. The summed E-state index contributed by atoms with van der Waals surface area (Å²) in [4.78, 5) is 12.7. The molecule has 20 heavy (non-hydrogen) atoms. The maximum atomic E-state index is 11.3. The van der Waals surface area contributed by atoms with Crippen molar-refractivity contribution >= 4 is 17.3 Å². The Morgan fingerprint density at radius 3 is 3.00 bits per heavy atom. The van der Waals surface area contributed by atoms with Crippen molar-refractivity contribution in [1.82, 2.24) is 0 Å². The van der Waals surface area contributed by atoms with E-state index in [1.54, 1.807) is 0 Å². The number of hydrogen-bond donors (Lipinski definition) is 1. The molecule has 5 heteroatoms. The number of carbonyl (C=O) groups is 1. The molecule has 1 saturated carbocycles. The molecular formula is C15H20O4S. The van der Waals surface area contributed by atoms with Gasteiger partial charge in [0.25, 0.3) is 0 Å². The number of aromatic carboxylic acids is 1. The largest absolute Gasteiger partial charge is 0.488 e. The van der Waals surface area contributed by atoms with E-state index in [-0.39, 0.29) is 11.7 Å². The Hall–Kier alpha value is -1.07. The van der Waals surface area contributed by atoms with Gasteiger partial charge in [-0.3, -0.25) is 0 Å². The van der Waals surface area contributed by atoms with Crippen LogP contribution in [0.2, 0.25) is 0 Å². The molecule has 1 aliphatic carbocycles. The fourth-order valence-corrected chi connectivity index (χ4v) is 3.88. The molecule has 2 heterocycles. The summed E-state index contributed by atoms with van der Waals surface area (Å²) < 4.78 is 11.9. The van der Waals surface area contributed by atoms with E-state index < -0.39 is 5.97 Å². The highest BCUT2D eigenvalue weighted by molar-refractivity contribution is 7.14. The first-order chi connectivity index (χ1) is 9.62. The van der Waals surface area contributed by atoms with Gasteiger partial charge >= 0.3 is 5.97 Å². The smallest absolute Gasteiger partial charge is 0.349 e. The first-order valence-electron chi connectivity index (χ1n) is 7.28. The van der Waals surface area contributed by atoms with Crippen LogP contribution in [-0.2, 0) is 11.2 Å². The molecule has 0 bridgehead atoms. The molecule has 1 aromatic heterocycles. The van der Waals surface area contributed by atoms with E-state index in [1.165, 1.54) is 17.8 Å². The Labute approximate surface area is 122 Å². The first kappa shape index (κ1) is 13.9. The lowest BCUT2D eigenvalue weighted by Crippen LogP contribution is -2.48. The van der Waals surface area contributed by atoms with Crippen LogP contribution in [0.15, 0.2) is 6.07 Å². The number of thiophene rings is 1. The van der Waals surface area contributed by atoms with Gasteiger partial charge in [-0.05, 0) is 31.7 Å². The molecule has 110 valence electrons. The predicted octanol–water partition coefficient (Wildman–Crippen LogP) is 3.49. The van der Waals surface area contributed by atoms with E-state index in [9.17, 15) is 9.90 Å². The number of rotatable bonds is 4. The van der Waals surface area contributed by atoms with Gasteiger partial charge in [-0.15, -0.1) is 11.3 Å². The van der Waals surface area contributed by atoms with Gasteiger partial charge in [-0.1, -0.05) is 6.92 Å². The van der Waals surface area contributed by atoms with Crippen molar-refractivity contribution in [3.8, 4) is 5.75 Å². The van der Waals surface area contributed by atoms with Crippen LogP contribution in [0.25, 0.3) is 0 Å². The normalized spacial score (nSPS) is 24.4. The van der Waals surface area contributed by atoms with Crippen LogP contribution < -0.4 is 4.74 Å². The summed E-state index contributed by atoms with van der Waals surface area (Å²) in [5.41, 5.74) is 0.0237. The zero-order chi connectivity index (χ0) is 14.2. The fourth-order valence-electron chi connectivity index (χ4n) is 3.02. The molecule has 0 aromatic carbocycles. The van der Waals surface area contributed by atoms with Crippen LogP contribution in [0.3, 0.4) is 0 Å². The molecular weight excluding hydrogens is 276 g/mol. The summed E-state index contributed by atoms with van der Waals surface area (Å²) in [6.45, 7) is 2.75. The number of carboxylic acid groups (broad SMARTS) is 1. The summed E-state index contributed by atoms with van der Waals surface area (Å²) in [5.74, 6) is -0.351. The highest BCUT2D eigenvalue weighted by Gasteiger charge is 2.43. The minimum Gasteiger partial charge on any atom is -0.488 e. The third kappa shape index (κ3) is 2.56. The molecule has 1 spiro atoms. The van der Waals surface area contributed by atoms with E-state index in [0.29, 0.717) is 10.6 Å². The van der Waals surface area contributed by atoms with Gasteiger partial charge < -0.3 is 14.6 Å². The molecule has 1 N–H and O–H groups in total. The van der Waals surface area contributed by atoms with Crippen LogP contribution in [0, 0.1) is 0 Å². The van der Waals surface area contributed by atoms with Crippen LogP contribution in [0.5, 0.6) is 5.75 Å². The monoisotopic (exact) mass is 296 g/mol. The molecule has 4 nitrogen and oxygen atoms in total. The highest BCUT2D eigenvalue weighted by Crippen LogP contribution is 2.43. The zero-order valence-electron chi connectivity index (χ0n) is 11.7. The lowest BCUT2D eigenvalue weighted by atomic mass is 9.74. The predicted molar refractivity (Wildman–Crippen MR) is 76.8 cm³/mol. The molecule has 2 fully saturated rings. The second-order valence-electron chi connectivity index (χ2n) is 5.68. The summed E-state index contributed by atoms with van der Waals surface area (Å²) in [7, 11) is 0. The Kier molecular flexibility index (Phi) is 3.73. The lowest BCUT2D eigenvalue weighted by Gasteiger charge is -2.46. The topological polar surface area (TPSA) is 55.8 Å². The molecule has 0 amide bonds. The second kappa shape index (κ2) is 5.37. The second-order valence-corrected chi connectivity index (χ2v) is 6.82. The number of aryl methyl sites for hydroxylation is 1. The van der Waals surface area contributed by atoms with Gasteiger partial charge in [0.05, 0.1) is 12.2 Å². The molecule has 2 aliphatic rings. The van der Waals surface area contributed by atoms with Crippen molar-refractivity contribution in [1.29, 1.82) is 0 Å².